The molecular weight excluding hydrogens is 272 g/mol. The molecule has 0 bridgehead atoms. The van der Waals surface area contributed by atoms with E-state index in [4.69, 9.17) is 10.5 Å². The van der Waals surface area contributed by atoms with E-state index in [1.54, 1.807) is 11.4 Å². The molecule has 0 radical (unpaired) electrons. The van der Waals surface area contributed by atoms with E-state index in [0.29, 0.717) is 24.6 Å². The second-order valence-corrected chi connectivity index (χ2v) is 7.41. The molecule has 5 nitrogen and oxygen atoms in total. The summed E-state index contributed by atoms with van der Waals surface area (Å²) in [5.74, 6) is 0. The van der Waals surface area contributed by atoms with Crippen molar-refractivity contribution >= 4 is 21.4 Å². The maximum absolute atomic E-state index is 12.5. The van der Waals surface area contributed by atoms with Crippen LogP contribution in [-0.2, 0) is 21.3 Å². The van der Waals surface area contributed by atoms with Gasteiger partial charge in [-0.05, 0) is 19.9 Å². The third-order valence-corrected chi connectivity index (χ3v) is 6.05. The van der Waals surface area contributed by atoms with Crippen LogP contribution in [0.5, 0.6) is 0 Å². The van der Waals surface area contributed by atoms with E-state index >= 15 is 0 Å². The Morgan fingerprint density at radius 1 is 1.56 bits per heavy atom. The first kappa shape index (κ1) is 14.0. The number of morpholine rings is 1. The summed E-state index contributed by atoms with van der Waals surface area (Å²) in [6.45, 7) is 4.95. The summed E-state index contributed by atoms with van der Waals surface area (Å²) in [7, 11) is -3.43. The van der Waals surface area contributed by atoms with Gasteiger partial charge in [-0.15, -0.1) is 11.3 Å². The molecule has 1 fully saturated rings. The van der Waals surface area contributed by atoms with Gasteiger partial charge in [0, 0.05) is 29.4 Å². The number of rotatable bonds is 3. The van der Waals surface area contributed by atoms with Gasteiger partial charge in [0.15, 0.2) is 0 Å². The highest BCUT2D eigenvalue weighted by Crippen LogP contribution is 2.26. The number of hydrogen-bond acceptors (Lipinski definition) is 5. The summed E-state index contributed by atoms with van der Waals surface area (Å²) in [5.41, 5.74) is 5.52. The molecule has 102 valence electrons. The Kier molecular flexibility index (Phi) is 4.08. The molecule has 1 aliphatic rings. The number of sulfonamides is 1. The van der Waals surface area contributed by atoms with Crippen molar-refractivity contribution in [3.05, 3.63) is 16.3 Å². The first-order valence-electron chi connectivity index (χ1n) is 5.86. The third-order valence-electron chi connectivity index (χ3n) is 2.99. The predicted molar refractivity (Wildman–Crippen MR) is 71.0 cm³/mol. The van der Waals surface area contributed by atoms with Gasteiger partial charge in [0.2, 0.25) is 10.0 Å². The summed E-state index contributed by atoms with van der Waals surface area (Å²) >= 11 is 1.38. The molecule has 2 unspecified atom stereocenters. The number of ether oxygens (including phenoxy) is 1. The Bertz CT molecular complexity index is 512. The van der Waals surface area contributed by atoms with Crippen molar-refractivity contribution in [1.29, 1.82) is 0 Å². The fourth-order valence-electron chi connectivity index (χ4n) is 1.95. The van der Waals surface area contributed by atoms with Gasteiger partial charge in [-0.2, -0.15) is 4.31 Å². The van der Waals surface area contributed by atoms with Gasteiger partial charge in [-0.3, -0.25) is 0 Å². The Morgan fingerprint density at radius 2 is 2.28 bits per heavy atom. The zero-order chi connectivity index (χ0) is 13.3. The van der Waals surface area contributed by atoms with E-state index in [-0.39, 0.29) is 12.1 Å². The molecule has 0 aliphatic carbocycles. The Morgan fingerprint density at radius 3 is 2.89 bits per heavy atom. The summed E-state index contributed by atoms with van der Waals surface area (Å²) in [5, 5.41) is 1.66. The van der Waals surface area contributed by atoms with Crippen LogP contribution < -0.4 is 5.73 Å². The minimum Gasteiger partial charge on any atom is -0.375 e. The number of nitrogens with two attached hydrogens (primary N) is 1. The fraction of sp³-hybridized carbons (Fsp3) is 0.636. The van der Waals surface area contributed by atoms with Crippen molar-refractivity contribution < 1.29 is 13.2 Å². The standard InChI is InChI=1S/C11H18N2O3S2/c1-8-6-16-9(2)5-13(8)18(14,15)11-3-10(4-12)17-7-11/h3,7-9H,4-6,12H2,1-2H3. The van der Waals surface area contributed by atoms with Gasteiger partial charge >= 0.3 is 0 Å². The maximum atomic E-state index is 12.5. The maximum Gasteiger partial charge on any atom is 0.244 e. The van der Waals surface area contributed by atoms with Crippen molar-refractivity contribution in [2.24, 2.45) is 5.73 Å². The lowest BCUT2D eigenvalue weighted by atomic mass is 10.2. The molecule has 2 atom stereocenters. The van der Waals surface area contributed by atoms with Crippen LogP contribution in [0.15, 0.2) is 16.3 Å². The van der Waals surface area contributed by atoms with Crippen molar-refractivity contribution in [3.8, 4) is 0 Å². The molecular formula is C11H18N2O3S2. The normalized spacial score (nSPS) is 26.4. The van der Waals surface area contributed by atoms with Crippen molar-refractivity contribution in [2.45, 2.75) is 37.4 Å². The highest BCUT2D eigenvalue weighted by atomic mass is 32.2. The largest absolute Gasteiger partial charge is 0.375 e. The van der Waals surface area contributed by atoms with Gasteiger partial charge in [-0.25, -0.2) is 8.42 Å². The van der Waals surface area contributed by atoms with E-state index in [2.05, 4.69) is 0 Å². The van der Waals surface area contributed by atoms with Gasteiger partial charge in [-0.1, -0.05) is 0 Å². The predicted octanol–water partition coefficient (Wildman–Crippen LogP) is 1.00. The average molecular weight is 290 g/mol. The molecule has 7 heteroatoms. The van der Waals surface area contributed by atoms with E-state index < -0.39 is 10.0 Å². The van der Waals surface area contributed by atoms with E-state index in [1.165, 1.54) is 15.6 Å². The number of nitrogens with zero attached hydrogens (tertiary/aromatic N) is 1. The molecule has 0 amide bonds. The van der Waals surface area contributed by atoms with Gasteiger partial charge < -0.3 is 10.5 Å². The Hall–Kier alpha value is -0.470. The van der Waals surface area contributed by atoms with Crippen molar-refractivity contribution in [2.75, 3.05) is 13.2 Å². The van der Waals surface area contributed by atoms with Crippen LogP contribution >= 0.6 is 11.3 Å². The molecule has 0 spiro atoms. The average Bonchev–Trinajstić information content (AvgIpc) is 2.81. The van der Waals surface area contributed by atoms with Crippen LogP contribution in [-0.4, -0.2) is 38.0 Å². The van der Waals surface area contributed by atoms with Gasteiger partial charge in [0.05, 0.1) is 17.6 Å². The molecule has 1 aromatic rings. The number of thiophene rings is 1. The molecule has 1 aliphatic heterocycles. The second kappa shape index (κ2) is 5.26. The number of hydrogen-bond donors (Lipinski definition) is 1. The zero-order valence-electron chi connectivity index (χ0n) is 10.5. The summed E-state index contributed by atoms with van der Waals surface area (Å²) in [6, 6.07) is 1.53. The molecule has 18 heavy (non-hydrogen) atoms. The minimum atomic E-state index is -3.43. The topological polar surface area (TPSA) is 72.6 Å². The van der Waals surface area contributed by atoms with Crippen LogP contribution in [0.1, 0.15) is 18.7 Å². The van der Waals surface area contributed by atoms with Crippen LogP contribution in [0.25, 0.3) is 0 Å². The molecule has 1 aromatic heterocycles. The van der Waals surface area contributed by atoms with Gasteiger partial charge in [0.25, 0.3) is 0 Å². The summed E-state index contributed by atoms with van der Waals surface area (Å²) in [4.78, 5) is 1.22. The quantitative estimate of drug-likeness (QED) is 0.901. The highest BCUT2D eigenvalue weighted by Gasteiger charge is 2.34. The molecule has 0 saturated carbocycles. The van der Waals surface area contributed by atoms with E-state index in [9.17, 15) is 8.42 Å². The lowest BCUT2D eigenvalue weighted by Crippen LogP contribution is -2.49. The summed E-state index contributed by atoms with van der Waals surface area (Å²) < 4.78 is 32.0. The van der Waals surface area contributed by atoms with Gasteiger partial charge in [0.1, 0.15) is 0 Å². The van der Waals surface area contributed by atoms with Crippen LogP contribution in [0.4, 0.5) is 0 Å². The molecule has 2 N–H and O–H groups in total. The molecule has 2 rings (SSSR count). The SMILES string of the molecule is CC1CN(S(=O)(=O)c2csc(CN)c2)C(C)CO1. The van der Waals surface area contributed by atoms with Crippen LogP contribution in [0, 0.1) is 0 Å². The van der Waals surface area contributed by atoms with Crippen LogP contribution in [0.3, 0.4) is 0 Å². The van der Waals surface area contributed by atoms with E-state index in [0.717, 1.165) is 4.88 Å². The minimum absolute atomic E-state index is 0.0661. The monoisotopic (exact) mass is 290 g/mol. The first-order chi connectivity index (χ1) is 8.45. The second-order valence-electron chi connectivity index (χ2n) is 4.52. The third kappa shape index (κ3) is 2.60. The molecule has 2 heterocycles. The highest BCUT2D eigenvalue weighted by molar-refractivity contribution is 7.89. The Labute approximate surface area is 112 Å². The Balaban J connectivity index is 2.29. The lowest BCUT2D eigenvalue weighted by molar-refractivity contribution is -0.0170. The molecule has 1 saturated heterocycles. The first-order valence-corrected chi connectivity index (χ1v) is 8.18. The van der Waals surface area contributed by atoms with Crippen LogP contribution in [0.2, 0.25) is 0 Å². The fourth-order valence-corrected chi connectivity index (χ4v) is 4.78. The lowest BCUT2D eigenvalue weighted by Gasteiger charge is -2.35. The zero-order valence-corrected chi connectivity index (χ0v) is 12.1. The van der Waals surface area contributed by atoms with Crippen molar-refractivity contribution in [1.82, 2.24) is 4.31 Å². The smallest absolute Gasteiger partial charge is 0.244 e. The molecule has 0 aromatic carbocycles. The van der Waals surface area contributed by atoms with E-state index in [1.807, 2.05) is 13.8 Å². The van der Waals surface area contributed by atoms with Crippen molar-refractivity contribution in [3.63, 3.8) is 0 Å². The summed E-state index contributed by atoms with van der Waals surface area (Å²) in [6.07, 6.45) is -0.0661.